The predicted octanol–water partition coefficient (Wildman–Crippen LogP) is 0.863. The van der Waals surface area contributed by atoms with Gasteiger partial charge in [-0.1, -0.05) is 6.07 Å². The highest BCUT2D eigenvalue weighted by atomic mass is 32.2. The van der Waals surface area contributed by atoms with Crippen molar-refractivity contribution >= 4 is 15.8 Å². The van der Waals surface area contributed by atoms with E-state index in [1.54, 1.807) is 14.2 Å². The van der Waals surface area contributed by atoms with Crippen molar-refractivity contribution in [2.45, 2.75) is 13.3 Å². The van der Waals surface area contributed by atoms with Crippen LogP contribution in [0.15, 0.2) is 23.2 Å². The zero-order chi connectivity index (χ0) is 20.1. The lowest BCUT2D eigenvalue weighted by molar-refractivity contribution is 0.157. The van der Waals surface area contributed by atoms with E-state index in [0.717, 1.165) is 18.5 Å². The summed E-state index contributed by atoms with van der Waals surface area (Å²) in [5.41, 5.74) is 1.13. The minimum Gasteiger partial charge on any atom is -0.493 e. The second-order valence-electron chi connectivity index (χ2n) is 5.87. The Morgan fingerprint density at radius 2 is 1.85 bits per heavy atom. The highest BCUT2D eigenvalue weighted by molar-refractivity contribution is 7.90. The van der Waals surface area contributed by atoms with Crippen molar-refractivity contribution in [1.82, 2.24) is 10.6 Å². The molecule has 9 heteroatoms. The van der Waals surface area contributed by atoms with Crippen LogP contribution in [0, 0.1) is 0 Å². The van der Waals surface area contributed by atoms with E-state index in [1.165, 1.54) is 6.26 Å². The third-order valence-corrected chi connectivity index (χ3v) is 4.51. The van der Waals surface area contributed by atoms with Crippen molar-refractivity contribution in [2.75, 3.05) is 59.1 Å². The maximum Gasteiger partial charge on any atom is 0.191 e. The summed E-state index contributed by atoms with van der Waals surface area (Å²) in [6, 6.07) is 5.85. The van der Waals surface area contributed by atoms with Crippen LogP contribution in [0.1, 0.15) is 12.5 Å². The van der Waals surface area contributed by atoms with Gasteiger partial charge in [0.2, 0.25) is 0 Å². The van der Waals surface area contributed by atoms with Gasteiger partial charge in [0, 0.05) is 19.3 Å². The summed E-state index contributed by atoms with van der Waals surface area (Å²) in [7, 11) is 0.247. The van der Waals surface area contributed by atoms with Gasteiger partial charge in [0.15, 0.2) is 17.5 Å². The molecule has 0 atom stereocenters. The van der Waals surface area contributed by atoms with Crippen molar-refractivity contribution in [3.05, 3.63) is 23.8 Å². The van der Waals surface area contributed by atoms with E-state index in [9.17, 15) is 8.42 Å². The average Bonchev–Trinajstić information content (AvgIpc) is 2.63. The molecule has 0 spiro atoms. The van der Waals surface area contributed by atoms with Crippen molar-refractivity contribution in [3.63, 3.8) is 0 Å². The molecule has 0 aliphatic rings. The Labute approximate surface area is 162 Å². The third-order valence-electron chi connectivity index (χ3n) is 3.60. The SMILES string of the molecule is CCNC(=NCCOCCS(C)(=O)=O)NCCc1ccc(OC)c(OC)c1. The van der Waals surface area contributed by atoms with Crippen LogP contribution in [0.5, 0.6) is 11.5 Å². The molecule has 0 aromatic heterocycles. The van der Waals surface area contributed by atoms with Gasteiger partial charge < -0.3 is 24.8 Å². The standard InChI is InChI=1S/C18H31N3O5S/c1-5-19-18(21-10-11-26-12-13-27(4,22)23)20-9-8-15-6-7-16(24-2)17(14-15)25-3/h6-7,14H,5,8-13H2,1-4H3,(H2,19,20,21). The number of benzene rings is 1. The van der Waals surface area contributed by atoms with Gasteiger partial charge in [-0.05, 0) is 31.0 Å². The normalized spacial score (nSPS) is 11.9. The van der Waals surface area contributed by atoms with Crippen LogP contribution in [0.4, 0.5) is 0 Å². The molecule has 0 saturated heterocycles. The fourth-order valence-corrected chi connectivity index (χ4v) is 2.66. The fourth-order valence-electron chi connectivity index (χ4n) is 2.24. The van der Waals surface area contributed by atoms with Gasteiger partial charge in [-0.15, -0.1) is 0 Å². The summed E-state index contributed by atoms with van der Waals surface area (Å²) >= 11 is 0. The highest BCUT2D eigenvalue weighted by Crippen LogP contribution is 2.27. The topological polar surface area (TPSA) is 98.3 Å². The summed E-state index contributed by atoms with van der Waals surface area (Å²) in [5.74, 6) is 2.15. The van der Waals surface area contributed by atoms with Crippen LogP contribution < -0.4 is 20.1 Å². The van der Waals surface area contributed by atoms with E-state index in [2.05, 4.69) is 15.6 Å². The highest BCUT2D eigenvalue weighted by Gasteiger charge is 2.05. The first kappa shape index (κ1) is 23.0. The summed E-state index contributed by atoms with van der Waals surface area (Å²) in [4.78, 5) is 4.42. The van der Waals surface area contributed by atoms with E-state index >= 15 is 0 Å². The lowest BCUT2D eigenvalue weighted by atomic mass is 10.1. The van der Waals surface area contributed by atoms with Crippen molar-refractivity contribution < 1.29 is 22.6 Å². The molecule has 0 aliphatic carbocycles. The molecule has 2 N–H and O–H groups in total. The van der Waals surface area contributed by atoms with E-state index in [1.807, 2.05) is 25.1 Å². The number of nitrogens with zero attached hydrogens (tertiary/aromatic N) is 1. The van der Waals surface area contributed by atoms with E-state index in [-0.39, 0.29) is 12.4 Å². The zero-order valence-electron chi connectivity index (χ0n) is 16.6. The first-order valence-corrected chi connectivity index (χ1v) is 10.9. The molecule has 0 bridgehead atoms. The third kappa shape index (κ3) is 10.0. The molecule has 154 valence electrons. The Hall–Kier alpha value is -2.00. The van der Waals surface area contributed by atoms with Gasteiger partial charge in [0.25, 0.3) is 0 Å². The lowest BCUT2D eigenvalue weighted by Crippen LogP contribution is -2.38. The first-order chi connectivity index (χ1) is 12.9. The molecule has 8 nitrogen and oxygen atoms in total. The van der Waals surface area contributed by atoms with Gasteiger partial charge in [-0.3, -0.25) is 4.99 Å². The molecule has 0 amide bonds. The summed E-state index contributed by atoms with van der Waals surface area (Å²) in [5, 5.41) is 6.43. The van der Waals surface area contributed by atoms with Gasteiger partial charge >= 0.3 is 0 Å². The molecular weight excluding hydrogens is 370 g/mol. The molecule has 0 radical (unpaired) electrons. The number of methoxy groups -OCH3 is 2. The number of ether oxygens (including phenoxy) is 3. The lowest BCUT2D eigenvalue weighted by Gasteiger charge is -2.12. The monoisotopic (exact) mass is 401 g/mol. The minimum atomic E-state index is -2.99. The molecule has 0 fully saturated rings. The Morgan fingerprint density at radius 3 is 2.48 bits per heavy atom. The number of rotatable bonds is 12. The molecule has 27 heavy (non-hydrogen) atoms. The summed E-state index contributed by atoms with van der Waals surface area (Å²) in [6.45, 7) is 4.47. The maximum atomic E-state index is 11.0. The first-order valence-electron chi connectivity index (χ1n) is 8.88. The Bertz CT molecular complexity index is 692. The molecule has 1 aromatic carbocycles. The number of hydrogen-bond donors (Lipinski definition) is 2. The van der Waals surface area contributed by atoms with Crippen molar-refractivity contribution in [1.29, 1.82) is 0 Å². The second kappa shape index (κ2) is 12.4. The van der Waals surface area contributed by atoms with E-state index in [4.69, 9.17) is 14.2 Å². The molecular formula is C18H31N3O5S. The van der Waals surface area contributed by atoms with Gasteiger partial charge in [-0.2, -0.15) is 0 Å². The Kier molecular flexibility index (Phi) is 10.6. The molecule has 1 rings (SSSR count). The van der Waals surface area contributed by atoms with Crippen molar-refractivity contribution in [3.8, 4) is 11.5 Å². The van der Waals surface area contributed by atoms with Crippen LogP contribution in [0.2, 0.25) is 0 Å². The fraction of sp³-hybridized carbons (Fsp3) is 0.611. The largest absolute Gasteiger partial charge is 0.493 e. The number of sulfone groups is 1. The van der Waals surface area contributed by atoms with E-state index < -0.39 is 9.84 Å². The van der Waals surface area contributed by atoms with Crippen LogP contribution in [-0.2, 0) is 21.0 Å². The smallest absolute Gasteiger partial charge is 0.191 e. The van der Waals surface area contributed by atoms with E-state index in [0.29, 0.717) is 37.2 Å². The molecule has 0 aliphatic heterocycles. The second-order valence-corrected chi connectivity index (χ2v) is 8.13. The molecule has 0 saturated carbocycles. The van der Waals surface area contributed by atoms with Gasteiger partial charge in [-0.25, -0.2) is 8.42 Å². The van der Waals surface area contributed by atoms with Crippen LogP contribution in [0.3, 0.4) is 0 Å². The minimum absolute atomic E-state index is 0.0281. The van der Waals surface area contributed by atoms with Gasteiger partial charge in [0.1, 0.15) is 9.84 Å². The van der Waals surface area contributed by atoms with Crippen LogP contribution in [-0.4, -0.2) is 73.5 Å². The predicted molar refractivity (Wildman–Crippen MR) is 108 cm³/mol. The van der Waals surface area contributed by atoms with Crippen LogP contribution >= 0.6 is 0 Å². The summed E-state index contributed by atoms with van der Waals surface area (Å²) in [6.07, 6.45) is 2.00. The Morgan fingerprint density at radius 1 is 1.11 bits per heavy atom. The number of aliphatic imine (C=N–C) groups is 1. The van der Waals surface area contributed by atoms with Crippen molar-refractivity contribution in [2.24, 2.45) is 4.99 Å². The van der Waals surface area contributed by atoms with Gasteiger partial charge in [0.05, 0.1) is 39.7 Å². The molecule has 0 unspecified atom stereocenters. The maximum absolute atomic E-state index is 11.0. The number of hydrogen-bond acceptors (Lipinski definition) is 6. The number of nitrogens with one attached hydrogen (secondary N) is 2. The average molecular weight is 402 g/mol. The summed E-state index contributed by atoms with van der Waals surface area (Å²) < 4.78 is 37.9. The quantitative estimate of drug-likeness (QED) is 0.305. The van der Waals surface area contributed by atoms with Crippen LogP contribution in [0.25, 0.3) is 0 Å². The number of guanidine groups is 1. The molecule has 1 aromatic rings. The molecule has 0 heterocycles. The Balaban J connectivity index is 2.41. The zero-order valence-corrected chi connectivity index (χ0v) is 17.4.